The van der Waals surface area contributed by atoms with Crippen LogP contribution in [0.25, 0.3) is 34.4 Å². The van der Waals surface area contributed by atoms with E-state index in [1.165, 1.54) is 109 Å². The van der Waals surface area contributed by atoms with Crippen LogP contribution >= 0.6 is 0 Å². The summed E-state index contributed by atoms with van der Waals surface area (Å²) < 4.78 is 0. The standard InChI is InChI=1S/C42H44Si/c1-29-13-3-9-21-37(29)39-23-11-15-31-25-35(27-41(31)39)43(33-17-5-6-18-33,34-19-7-8-20-34)36-26-32-16-12-24-40(42(32)28-36)38-22-10-4-14-30(38)2/h3-4,9-16,21-24,27-28,33-34H,5-8,17-20,25-26H2,1-2H3. The van der Waals surface area contributed by atoms with Gasteiger partial charge in [-0.25, -0.2) is 0 Å². The lowest BCUT2D eigenvalue weighted by molar-refractivity contribution is 0.749. The highest BCUT2D eigenvalue weighted by molar-refractivity contribution is 6.96. The molecule has 216 valence electrons. The molecule has 4 aliphatic carbocycles. The molecule has 1 heteroatoms. The van der Waals surface area contributed by atoms with Crippen LogP contribution in [0.1, 0.15) is 84.7 Å². The minimum Gasteiger partial charge on any atom is -0.0704 e. The smallest absolute Gasteiger partial charge is 0.0704 e. The number of hydrogen-bond donors (Lipinski definition) is 0. The average molecular weight is 577 g/mol. The molecule has 0 unspecified atom stereocenters. The Morgan fingerprint density at radius 3 is 1.28 bits per heavy atom. The van der Waals surface area contributed by atoms with Gasteiger partial charge in [-0.2, -0.15) is 0 Å². The van der Waals surface area contributed by atoms with Crippen molar-refractivity contribution >= 4 is 20.2 Å². The second-order valence-corrected chi connectivity index (χ2v) is 18.6. The maximum absolute atomic E-state index is 2.77. The highest BCUT2D eigenvalue weighted by Gasteiger charge is 2.55. The first-order valence-electron chi connectivity index (χ1n) is 16.9. The van der Waals surface area contributed by atoms with E-state index >= 15 is 0 Å². The van der Waals surface area contributed by atoms with E-state index in [0.29, 0.717) is 0 Å². The first-order valence-corrected chi connectivity index (χ1v) is 19.1. The van der Waals surface area contributed by atoms with E-state index in [9.17, 15) is 0 Å². The summed E-state index contributed by atoms with van der Waals surface area (Å²) in [4.78, 5) is 0. The van der Waals surface area contributed by atoms with Crippen LogP contribution in [0.2, 0.25) is 11.1 Å². The van der Waals surface area contributed by atoms with Crippen molar-refractivity contribution in [1.82, 2.24) is 0 Å². The van der Waals surface area contributed by atoms with Crippen LogP contribution in [0, 0.1) is 13.8 Å². The molecule has 8 rings (SSSR count). The lowest BCUT2D eigenvalue weighted by Gasteiger charge is -2.45. The number of rotatable bonds is 6. The van der Waals surface area contributed by atoms with E-state index in [0.717, 1.165) is 11.1 Å². The molecule has 2 fully saturated rings. The first-order chi connectivity index (χ1) is 21.1. The molecule has 0 spiro atoms. The zero-order chi connectivity index (χ0) is 29.0. The molecular weight excluding hydrogens is 533 g/mol. The molecule has 4 aliphatic rings. The van der Waals surface area contributed by atoms with Crippen molar-refractivity contribution in [2.75, 3.05) is 0 Å². The highest BCUT2D eigenvalue weighted by Crippen LogP contribution is 2.60. The summed E-state index contributed by atoms with van der Waals surface area (Å²) in [5, 5.41) is 3.75. The Kier molecular flexibility index (Phi) is 6.90. The van der Waals surface area contributed by atoms with Gasteiger partial charge < -0.3 is 0 Å². The van der Waals surface area contributed by atoms with Crippen LogP contribution in [0.3, 0.4) is 0 Å². The predicted octanol–water partition coefficient (Wildman–Crippen LogP) is 11.6. The van der Waals surface area contributed by atoms with Crippen molar-refractivity contribution in [1.29, 1.82) is 0 Å². The summed E-state index contributed by atoms with van der Waals surface area (Å²) >= 11 is 0. The van der Waals surface area contributed by atoms with Crippen LogP contribution < -0.4 is 0 Å². The first kappa shape index (κ1) is 27.1. The van der Waals surface area contributed by atoms with Crippen LogP contribution in [-0.4, -0.2) is 8.07 Å². The van der Waals surface area contributed by atoms with Crippen molar-refractivity contribution in [3.63, 3.8) is 0 Å². The molecule has 0 atom stereocenters. The molecule has 0 saturated heterocycles. The fourth-order valence-corrected chi connectivity index (χ4v) is 17.4. The van der Waals surface area contributed by atoms with E-state index in [-0.39, 0.29) is 0 Å². The molecule has 4 aromatic rings. The quantitative estimate of drug-likeness (QED) is 0.200. The molecule has 0 N–H and O–H groups in total. The Labute approximate surface area is 259 Å². The number of allylic oxidation sites excluding steroid dienone is 2. The minimum atomic E-state index is -2.01. The van der Waals surface area contributed by atoms with Gasteiger partial charge in [0.1, 0.15) is 8.07 Å². The third-order valence-corrected chi connectivity index (χ3v) is 18.2. The lowest BCUT2D eigenvalue weighted by atomic mass is 9.94. The van der Waals surface area contributed by atoms with Crippen molar-refractivity contribution in [3.8, 4) is 22.3 Å². The Morgan fingerprint density at radius 1 is 0.465 bits per heavy atom. The summed E-state index contributed by atoms with van der Waals surface area (Å²) in [6.07, 6.45) is 19.4. The Bertz CT molecular complexity index is 1620. The van der Waals surface area contributed by atoms with Crippen molar-refractivity contribution < 1.29 is 0 Å². The second-order valence-electron chi connectivity index (χ2n) is 13.9. The molecule has 0 aromatic heterocycles. The highest BCUT2D eigenvalue weighted by atomic mass is 28.3. The maximum Gasteiger partial charge on any atom is 0.115 e. The average Bonchev–Trinajstić information content (AvgIpc) is 3.85. The molecule has 2 saturated carbocycles. The van der Waals surface area contributed by atoms with E-state index in [4.69, 9.17) is 0 Å². The van der Waals surface area contributed by atoms with Crippen LogP contribution in [-0.2, 0) is 12.8 Å². The topological polar surface area (TPSA) is 0 Å². The normalized spacial score (nSPS) is 18.6. The zero-order valence-electron chi connectivity index (χ0n) is 26.0. The molecule has 0 nitrogen and oxygen atoms in total. The van der Waals surface area contributed by atoms with Crippen LogP contribution in [0.15, 0.2) is 95.3 Å². The largest absolute Gasteiger partial charge is 0.115 e. The van der Waals surface area contributed by atoms with Gasteiger partial charge in [0.15, 0.2) is 0 Å². The van der Waals surface area contributed by atoms with Gasteiger partial charge >= 0.3 is 0 Å². The van der Waals surface area contributed by atoms with Crippen LogP contribution in [0.5, 0.6) is 0 Å². The molecule has 4 aromatic carbocycles. The summed E-state index contributed by atoms with van der Waals surface area (Å²) in [7, 11) is -2.01. The SMILES string of the molecule is Cc1ccccc1-c1cccc2c1C=C([Si](C1=Cc3c(cccc3-c3ccccc3C)C1)(C1CCCC1)C1CCCC1)C2. The molecule has 0 aliphatic heterocycles. The third kappa shape index (κ3) is 4.38. The second kappa shape index (κ2) is 10.9. The fraction of sp³-hybridized carbons (Fsp3) is 0.333. The number of benzene rings is 4. The molecule has 0 heterocycles. The van der Waals surface area contributed by atoms with Crippen molar-refractivity contribution in [2.45, 2.75) is 89.1 Å². The Hall–Kier alpha value is -3.42. The van der Waals surface area contributed by atoms with Crippen molar-refractivity contribution in [3.05, 3.63) is 129 Å². The van der Waals surface area contributed by atoms with Gasteiger partial charge in [0, 0.05) is 0 Å². The van der Waals surface area contributed by atoms with Gasteiger partial charge in [-0.05, 0) is 93.4 Å². The Morgan fingerprint density at radius 2 is 0.860 bits per heavy atom. The number of fused-ring (bicyclic) bond motifs is 2. The summed E-state index contributed by atoms with van der Waals surface area (Å²) in [5.41, 5.74) is 16.4. The van der Waals surface area contributed by atoms with Gasteiger partial charge in [0.05, 0.1) is 0 Å². The van der Waals surface area contributed by atoms with Crippen molar-refractivity contribution in [2.24, 2.45) is 0 Å². The third-order valence-electron chi connectivity index (χ3n) is 11.7. The number of aryl methyl sites for hydroxylation is 2. The molecule has 43 heavy (non-hydrogen) atoms. The zero-order valence-corrected chi connectivity index (χ0v) is 27.0. The molecule has 0 bridgehead atoms. The van der Waals surface area contributed by atoms with Gasteiger partial charge in [0.25, 0.3) is 0 Å². The molecule has 0 amide bonds. The van der Waals surface area contributed by atoms with E-state index in [1.807, 2.05) is 10.4 Å². The van der Waals surface area contributed by atoms with Crippen LogP contribution in [0.4, 0.5) is 0 Å². The molecule has 0 radical (unpaired) electrons. The van der Waals surface area contributed by atoms with Gasteiger partial charge in [-0.1, -0.05) is 159 Å². The van der Waals surface area contributed by atoms with Gasteiger partial charge in [0.2, 0.25) is 0 Å². The minimum absolute atomic E-state index is 0.889. The Balaban J connectivity index is 1.32. The van der Waals surface area contributed by atoms with E-state index in [2.05, 4.69) is 111 Å². The maximum atomic E-state index is 2.77. The predicted molar refractivity (Wildman–Crippen MR) is 187 cm³/mol. The van der Waals surface area contributed by atoms with Gasteiger partial charge in [-0.15, -0.1) is 0 Å². The fourth-order valence-electron chi connectivity index (χ4n) is 9.84. The summed E-state index contributed by atoms with van der Waals surface area (Å²) in [6, 6.07) is 32.3. The molecular formula is C42H44Si. The number of hydrogen-bond acceptors (Lipinski definition) is 0. The van der Waals surface area contributed by atoms with E-state index in [1.54, 1.807) is 11.1 Å². The van der Waals surface area contributed by atoms with Gasteiger partial charge in [-0.3, -0.25) is 0 Å². The summed E-state index contributed by atoms with van der Waals surface area (Å²) in [5.74, 6) is 0. The summed E-state index contributed by atoms with van der Waals surface area (Å²) in [6.45, 7) is 4.55. The monoisotopic (exact) mass is 576 g/mol. The van der Waals surface area contributed by atoms with E-state index < -0.39 is 8.07 Å². The lowest BCUT2D eigenvalue weighted by Crippen LogP contribution is -2.48.